The smallest absolute Gasteiger partial charge is 0.246 e. The topological polar surface area (TPSA) is 78.5 Å². The average Bonchev–Trinajstić information content (AvgIpc) is 3.01. The predicted octanol–water partition coefficient (Wildman–Crippen LogP) is 0.461. The Morgan fingerprint density at radius 1 is 1.18 bits per heavy atom. The van der Waals surface area contributed by atoms with Crippen LogP contribution in [0.5, 0.6) is 0 Å². The second-order valence-corrected chi connectivity index (χ2v) is 6.35. The van der Waals surface area contributed by atoms with E-state index in [4.69, 9.17) is 0 Å². The Balaban J connectivity index is 2.09. The number of carbonyl (C=O) groups is 3. The molecule has 0 aromatic rings. The van der Waals surface area contributed by atoms with Crippen molar-refractivity contribution in [2.24, 2.45) is 5.92 Å². The van der Waals surface area contributed by atoms with Gasteiger partial charge in [0.2, 0.25) is 11.8 Å². The zero-order chi connectivity index (χ0) is 15.9. The van der Waals surface area contributed by atoms with Gasteiger partial charge in [-0.15, -0.1) is 0 Å². The van der Waals surface area contributed by atoms with Gasteiger partial charge >= 0.3 is 0 Å². The van der Waals surface area contributed by atoms with Gasteiger partial charge in [0.25, 0.3) is 0 Å². The molecule has 2 atom stereocenters. The zero-order valence-electron chi connectivity index (χ0n) is 13.3. The highest BCUT2D eigenvalue weighted by Gasteiger charge is 2.37. The van der Waals surface area contributed by atoms with Crippen molar-refractivity contribution in [3.63, 3.8) is 0 Å². The number of aldehydes is 1. The number of likely N-dealkylation sites (tertiary alicyclic amines) is 1. The van der Waals surface area contributed by atoms with Crippen molar-refractivity contribution in [3.8, 4) is 0 Å². The fourth-order valence-electron chi connectivity index (χ4n) is 3.62. The van der Waals surface area contributed by atoms with Crippen LogP contribution < -0.4 is 10.6 Å². The van der Waals surface area contributed by atoms with Gasteiger partial charge in [0.1, 0.15) is 12.3 Å². The van der Waals surface area contributed by atoms with Crippen molar-refractivity contribution >= 4 is 18.1 Å². The molecule has 1 saturated carbocycles. The van der Waals surface area contributed by atoms with Crippen molar-refractivity contribution in [2.45, 2.75) is 57.0 Å². The normalized spacial score (nSPS) is 24.0. The number of nitrogens with one attached hydrogen (secondary N) is 2. The molecule has 2 fully saturated rings. The highest BCUT2D eigenvalue weighted by atomic mass is 16.2. The molecule has 2 aliphatic rings. The summed E-state index contributed by atoms with van der Waals surface area (Å²) in [6.07, 6.45) is 7.79. The van der Waals surface area contributed by atoms with Crippen LogP contribution in [0.1, 0.15) is 44.9 Å². The first-order chi connectivity index (χ1) is 10.7. The molecule has 6 nitrogen and oxygen atoms in total. The second kappa shape index (κ2) is 8.27. The average molecular weight is 309 g/mol. The lowest BCUT2D eigenvalue weighted by atomic mass is 9.83. The molecule has 2 amide bonds. The molecule has 2 rings (SSSR count). The zero-order valence-corrected chi connectivity index (χ0v) is 13.3. The molecular weight excluding hydrogens is 282 g/mol. The lowest BCUT2D eigenvalue weighted by Crippen LogP contribution is -2.55. The fraction of sp³-hybridized carbons (Fsp3) is 0.812. The van der Waals surface area contributed by atoms with Gasteiger partial charge in [-0.1, -0.05) is 19.3 Å². The van der Waals surface area contributed by atoms with E-state index >= 15 is 0 Å². The Labute approximate surface area is 132 Å². The molecule has 1 heterocycles. The van der Waals surface area contributed by atoms with E-state index in [9.17, 15) is 14.4 Å². The lowest BCUT2D eigenvalue weighted by Gasteiger charge is -2.33. The number of amides is 2. The number of rotatable bonds is 6. The first-order valence-electron chi connectivity index (χ1n) is 8.37. The van der Waals surface area contributed by atoms with Gasteiger partial charge in [-0.25, -0.2) is 0 Å². The van der Waals surface area contributed by atoms with Crippen LogP contribution in [0.3, 0.4) is 0 Å². The van der Waals surface area contributed by atoms with E-state index in [0.717, 1.165) is 44.8 Å². The summed E-state index contributed by atoms with van der Waals surface area (Å²) in [5.74, 6) is -0.0471. The van der Waals surface area contributed by atoms with E-state index in [1.165, 1.54) is 6.42 Å². The lowest BCUT2D eigenvalue weighted by molar-refractivity contribution is -0.140. The maximum absolute atomic E-state index is 12.9. The molecule has 0 radical (unpaired) electrons. The molecular formula is C16H27N3O3. The maximum atomic E-state index is 12.9. The number of carbonyl (C=O) groups excluding carboxylic acids is 3. The predicted molar refractivity (Wildman–Crippen MR) is 83.2 cm³/mol. The third kappa shape index (κ3) is 4.06. The Kier molecular flexibility index (Phi) is 6.36. The molecule has 0 bridgehead atoms. The number of hydrogen-bond acceptors (Lipinski definition) is 4. The molecule has 1 saturated heterocycles. The molecule has 1 aliphatic heterocycles. The highest BCUT2D eigenvalue weighted by Crippen LogP contribution is 2.28. The molecule has 0 aromatic heterocycles. The second-order valence-electron chi connectivity index (χ2n) is 6.35. The van der Waals surface area contributed by atoms with Gasteiger partial charge in [-0.3, -0.25) is 9.59 Å². The quantitative estimate of drug-likeness (QED) is 0.699. The first-order valence-corrected chi connectivity index (χ1v) is 8.37. The molecule has 2 N–H and O–H groups in total. The molecule has 124 valence electrons. The van der Waals surface area contributed by atoms with E-state index < -0.39 is 6.04 Å². The molecule has 6 heteroatoms. The van der Waals surface area contributed by atoms with Crippen LogP contribution >= 0.6 is 0 Å². The molecule has 22 heavy (non-hydrogen) atoms. The summed E-state index contributed by atoms with van der Waals surface area (Å²) in [4.78, 5) is 37.7. The summed E-state index contributed by atoms with van der Waals surface area (Å²) in [6.45, 7) is 0.820. The number of likely N-dealkylation sites (N-methyl/N-ethyl adjacent to an activating group) is 1. The van der Waals surface area contributed by atoms with Crippen LogP contribution in [0.4, 0.5) is 0 Å². The number of hydrogen-bond donors (Lipinski definition) is 2. The van der Waals surface area contributed by atoms with Gasteiger partial charge in [0.15, 0.2) is 0 Å². The standard InChI is InChI=1S/C16H27N3O3/c1-17-10-14(21)18-15(12-6-3-2-4-7-12)16(22)19-9-5-8-13(19)11-20/h11-13,15,17H,2-10H2,1H3,(H,18,21). The van der Waals surface area contributed by atoms with Gasteiger partial charge < -0.3 is 20.3 Å². The fourth-order valence-corrected chi connectivity index (χ4v) is 3.62. The van der Waals surface area contributed by atoms with Gasteiger partial charge in [-0.05, 0) is 38.6 Å². The third-order valence-corrected chi connectivity index (χ3v) is 4.78. The van der Waals surface area contributed by atoms with Gasteiger partial charge in [0.05, 0.1) is 12.6 Å². The van der Waals surface area contributed by atoms with E-state index in [-0.39, 0.29) is 30.3 Å². The van der Waals surface area contributed by atoms with Crippen LogP contribution in [-0.2, 0) is 14.4 Å². The molecule has 0 spiro atoms. The van der Waals surface area contributed by atoms with E-state index in [0.29, 0.717) is 6.54 Å². The van der Waals surface area contributed by atoms with Crippen molar-refractivity contribution in [2.75, 3.05) is 20.1 Å². The highest BCUT2D eigenvalue weighted by molar-refractivity contribution is 5.90. The van der Waals surface area contributed by atoms with Crippen molar-refractivity contribution in [1.29, 1.82) is 0 Å². The van der Waals surface area contributed by atoms with Crippen LogP contribution in [0, 0.1) is 5.92 Å². The Bertz CT molecular complexity index is 407. The van der Waals surface area contributed by atoms with Crippen molar-refractivity contribution in [1.82, 2.24) is 15.5 Å². The van der Waals surface area contributed by atoms with Crippen LogP contribution in [-0.4, -0.2) is 55.2 Å². The minimum Gasteiger partial charge on any atom is -0.343 e. The van der Waals surface area contributed by atoms with Crippen LogP contribution in [0.2, 0.25) is 0 Å². The summed E-state index contributed by atoms with van der Waals surface area (Å²) in [5, 5.41) is 5.71. The van der Waals surface area contributed by atoms with Crippen molar-refractivity contribution in [3.05, 3.63) is 0 Å². The monoisotopic (exact) mass is 309 g/mol. The SMILES string of the molecule is CNCC(=O)NC(C(=O)N1CCCC1C=O)C1CCCCC1. The van der Waals surface area contributed by atoms with Gasteiger partial charge in [0, 0.05) is 6.54 Å². The summed E-state index contributed by atoms with van der Waals surface area (Å²) < 4.78 is 0. The first kappa shape index (κ1) is 16.9. The maximum Gasteiger partial charge on any atom is 0.246 e. The number of nitrogens with zero attached hydrogens (tertiary/aromatic N) is 1. The Morgan fingerprint density at radius 2 is 1.91 bits per heavy atom. The van der Waals surface area contributed by atoms with Crippen LogP contribution in [0.15, 0.2) is 0 Å². The molecule has 0 aromatic carbocycles. The summed E-state index contributed by atoms with van der Waals surface area (Å²) in [7, 11) is 1.71. The van der Waals surface area contributed by atoms with E-state index in [1.807, 2.05) is 0 Å². The minimum atomic E-state index is -0.485. The third-order valence-electron chi connectivity index (χ3n) is 4.78. The largest absolute Gasteiger partial charge is 0.343 e. The van der Waals surface area contributed by atoms with Gasteiger partial charge in [-0.2, -0.15) is 0 Å². The Hall–Kier alpha value is -1.43. The minimum absolute atomic E-state index is 0.0778. The molecule has 1 aliphatic carbocycles. The summed E-state index contributed by atoms with van der Waals surface area (Å²) in [5.41, 5.74) is 0. The van der Waals surface area contributed by atoms with E-state index in [2.05, 4.69) is 10.6 Å². The Morgan fingerprint density at radius 3 is 2.55 bits per heavy atom. The van der Waals surface area contributed by atoms with Crippen LogP contribution in [0.25, 0.3) is 0 Å². The summed E-state index contributed by atoms with van der Waals surface area (Å²) in [6, 6.07) is -0.804. The van der Waals surface area contributed by atoms with Crippen molar-refractivity contribution < 1.29 is 14.4 Å². The molecule has 2 unspecified atom stereocenters. The summed E-state index contributed by atoms with van der Waals surface area (Å²) >= 11 is 0. The van der Waals surface area contributed by atoms with E-state index in [1.54, 1.807) is 11.9 Å².